The van der Waals surface area contributed by atoms with E-state index in [0.717, 1.165) is 17.2 Å². The number of aromatic nitrogens is 1. The lowest BCUT2D eigenvalue weighted by Gasteiger charge is -2.20. The van der Waals surface area contributed by atoms with E-state index in [0.29, 0.717) is 17.7 Å². The highest BCUT2D eigenvalue weighted by Gasteiger charge is 2.78. The van der Waals surface area contributed by atoms with Crippen LogP contribution in [0.2, 0.25) is 5.02 Å². The Morgan fingerprint density at radius 1 is 1.15 bits per heavy atom. The van der Waals surface area contributed by atoms with Gasteiger partial charge in [0, 0.05) is 46.9 Å². The van der Waals surface area contributed by atoms with E-state index in [9.17, 15) is 23.8 Å². The van der Waals surface area contributed by atoms with Crippen LogP contribution in [0.4, 0.5) is 8.78 Å². The third kappa shape index (κ3) is 4.70. The van der Waals surface area contributed by atoms with Crippen molar-refractivity contribution >= 4 is 17.6 Å². The molecule has 2 aliphatic carbocycles. The summed E-state index contributed by atoms with van der Waals surface area (Å²) in [6, 6.07) is 8.52. The minimum absolute atomic E-state index is 0.0855. The molecule has 0 spiro atoms. The number of carboxylic acids is 1. The smallest absolute Gasteiger partial charge is 0.308 e. The summed E-state index contributed by atoms with van der Waals surface area (Å²) in [6.45, 7) is 4.92. The van der Waals surface area contributed by atoms with E-state index in [1.165, 1.54) is 19.1 Å². The van der Waals surface area contributed by atoms with E-state index < -0.39 is 41.1 Å². The fourth-order valence-electron chi connectivity index (χ4n) is 6.04. The van der Waals surface area contributed by atoms with Crippen molar-refractivity contribution in [3.05, 3.63) is 75.9 Å². The van der Waals surface area contributed by atoms with Gasteiger partial charge in [0.05, 0.1) is 29.8 Å². The van der Waals surface area contributed by atoms with Crippen molar-refractivity contribution in [1.82, 2.24) is 4.98 Å². The molecular formula is C30H30ClF2NO6. The second-order valence-corrected chi connectivity index (χ2v) is 11.8. The highest BCUT2D eigenvalue weighted by molar-refractivity contribution is 6.33. The van der Waals surface area contributed by atoms with Crippen molar-refractivity contribution in [1.29, 1.82) is 0 Å². The van der Waals surface area contributed by atoms with E-state index in [1.807, 2.05) is 13.8 Å². The topological polar surface area (TPSA) is 109 Å². The number of nitrogens with zero attached hydrogens (tertiary/aromatic N) is 1. The molecule has 2 aromatic carbocycles. The van der Waals surface area contributed by atoms with E-state index >= 15 is 0 Å². The summed E-state index contributed by atoms with van der Waals surface area (Å²) in [5.41, 5.74) is 0.257. The Hall–Kier alpha value is -3.27. The van der Waals surface area contributed by atoms with E-state index in [-0.39, 0.29) is 47.1 Å². The number of hydrogen-bond acceptors (Lipinski definition) is 6. The second kappa shape index (κ2) is 9.98. The van der Waals surface area contributed by atoms with Gasteiger partial charge in [-0.1, -0.05) is 25.4 Å². The van der Waals surface area contributed by atoms with Gasteiger partial charge in [-0.2, -0.15) is 0 Å². The first-order chi connectivity index (χ1) is 18.8. The molecule has 1 fully saturated rings. The molecule has 2 aliphatic rings. The minimum Gasteiger partial charge on any atom is -0.493 e. The molecule has 212 valence electrons. The monoisotopic (exact) mass is 573 g/mol. The molecule has 0 aliphatic heterocycles. The average Bonchev–Trinajstić information content (AvgIpc) is 3.28. The van der Waals surface area contributed by atoms with Crippen LogP contribution in [0.1, 0.15) is 43.9 Å². The summed E-state index contributed by atoms with van der Waals surface area (Å²) in [6.07, 6.45) is 2.42. The molecule has 0 saturated heterocycles. The van der Waals surface area contributed by atoms with Gasteiger partial charge in [0.25, 0.3) is 0 Å². The quantitative estimate of drug-likeness (QED) is 0.302. The van der Waals surface area contributed by atoms with Gasteiger partial charge in [-0.05, 0) is 54.2 Å². The molecule has 3 aromatic rings. The molecule has 3 N–H and O–H groups in total. The number of carboxylic acid groups (broad SMARTS) is 1. The van der Waals surface area contributed by atoms with Gasteiger partial charge < -0.3 is 24.8 Å². The first-order valence-corrected chi connectivity index (χ1v) is 13.3. The molecule has 4 atom stereocenters. The van der Waals surface area contributed by atoms with Gasteiger partial charge in [0.2, 0.25) is 5.88 Å². The lowest BCUT2D eigenvalue weighted by molar-refractivity contribution is -0.139. The van der Waals surface area contributed by atoms with Crippen molar-refractivity contribution in [2.45, 2.75) is 51.2 Å². The first kappa shape index (κ1) is 28.3. The van der Waals surface area contributed by atoms with E-state index in [1.54, 1.807) is 24.4 Å². The predicted octanol–water partition coefficient (Wildman–Crippen LogP) is 5.31. The highest BCUT2D eigenvalue weighted by atomic mass is 35.5. The standard InChI is InChI=1S/C30H30ClF2NO6/c1-28(38,15-35)6-7-39-18-4-5-19(22(31)10-18)20-8-17(23(32)11-24(20)33)14-40-25-9-16-12-29(2)26(27(36)37)30(29,3)21(16)13-34-25/h4-5,8-11,13,26,35,38H,6-7,12,14-15H2,1-3H3,(H,36,37)/t26-,28-,29-,30+/m0/s1. The second-order valence-electron chi connectivity index (χ2n) is 11.4. The van der Waals surface area contributed by atoms with Crippen LogP contribution in [0.5, 0.6) is 11.6 Å². The highest BCUT2D eigenvalue weighted by Crippen LogP contribution is 2.75. The fourth-order valence-corrected chi connectivity index (χ4v) is 6.31. The van der Waals surface area contributed by atoms with Gasteiger partial charge in [0.1, 0.15) is 24.0 Å². The molecule has 0 radical (unpaired) electrons. The summed E-state index contributed by atoms with van der Waals surface area (Å²) in [5, 5.41) is 28.8. The number of carbonyl (C=O) groups is 1. The van der Waals surface area contributed by atoms with Gasteiger partial charge in [-0.3, -0.25) is 4.79 Å². The molecule has 0 unspecified atom stereocenters. The fraction of sp³-hybridized carbons (Fsp3) is 0.400. The van der Waals surface area contributed by atoms with Crippen molar-refractivity contribution in [3.63, 3.8) is 0 Å². The molecule has 1 aromatic heterocycles. The molecule has 0 bridgehead atoms. The zero-order valence-electron chi connectivity index (χ0n) is 22.3. The Morgan fingerprint density at radius 2 is 1.90 bits per heavy atom. The molecule has 10 heteroatoms. The maximum absolute atomic E-state index is 14.8. The zero-order chi connectivity index (χ0) is 29.0. The molecule has 1 saturated carbocycles. The molecule has 7 nitrogen and oxygen atoms in total. The first-order valence-electron chi connectivity index (χ1n) is 12.9. The zero-order valence-corrected chi connectivity index (χ0v) is 23.1. The summed E-state index contributed by atoms with van der Waals surface area (Å²) < 4.78 is 40.8. The normalized spacial score (nSPS) is 24.1. The van der Waals surface area contributed by atoms with Crippen molar-refractivity contribution < 1.29 is 38.4 Å². The molecular weight excluding hydrogens is 544 g/mol. The van der Waals surface area contributed by atoms with E-state index in [2.05, 4.69) is 4.98 Å². The van der Waals surface area contributed by atoms with Gasteiger partial charge in [0.15, 0.2) is 0 Å². The maximum atomic E-state index is 14.8. The van der Waals surface area contributed by atoms with Crippen LogP contribution < -0.4 is 9.47 Å². The van der Waals surface area contributed by atoms with Crippen molar-refractivity contribution in [2.75, 3.05) is 13.2 Å². The minimum atomic E-state index is -1.27. The largest absolute Gasteiger partial charge is 0.493 e. The number of aliphatic hydroxyl groups excluding tert-OH is 1. The number of hydrogen-bond donors (Lipinski definition) is 3. The van der Waals surface area contributed by atoms with Crippen molar-refractivity contribution in [3.8, 4) is 22.8 Å². The lowest BCUT2D eigenvalue weighted by atomic mass is 9.95. The van der Waals surface area contributed by atoms with Crippen LogP contribution in [0, 0.1) is 23.0 Å². The van der Waals surface area contributed by atoms with Gasteiger partial charge >= 0.3 is 5.97 Å². The molecule has 40 heavy (non-hydrogen) atoms. The van der Waals surface area contributed by atoms with Crippen LogP contribution in [0.15, 0.2) is 42.6 Å². The van der Waals surface area contributed by atoms with Crippen LogP contribution in [-0.4, -0.2) is 45.1 Å². The number of fused-ring (bicyclic) bond motifs is 3. The van der Waals surface area contributed by atoms with Gasteiger partial charge in [-0.15, -0.1) is 0 Å². The number of halogens is 3. The van der Waals surface area contributed by atoms with Gasteiger partial charge in [-0.25, -0.2) is 13.8 Å². The Morgan fingerprint density at radius 3 is 2.58 bits per heavy atom. The van der Waals surface area contributed by atoms with Crippen molar-refractivity contribution in [2.24, 2.45) is 11.3 Å². The molecule has 0 amide bonds. The maximum Gasteiger partial charge on any atom is 0.308 e. The Balaban J connectivity index is 1.30. The summed E-state index contributed by atoms with van der Waals surface area (Å²) >= 11 is 6.41. The number of pyridine rings is 1. The summed E-state index contributed by atoms with van der Waals surface area (Å²) in [4.78, 5) is 16.0. The number of rotatable bonds is 10. The Labute approximate surface area is 235 Å². The van der Waals surface area contributed by atoms with Crippen LogP contribution in [0.25, 0.3) is 11.1 Å². The van der Waals surface area contributed by atoms with E-state index in [4.69, 9.17) is 26.2 Å². The number of benzene rings is 2. The third-order valence-corrected chi connectivity index (χ3v) is 8.95. The average molecular weight is 574 g/mol. The third-order valence-electron chi connectivity index (χ3n) is 8.64. The lowest BCUT2D eigenvalue weighted by Crippen LogP contribution is -2.31. The summed E-state index contributed by atoms with van der Waals surface area (Å²) in [7, 11) is 0. The van der Waals surface area contributed by atoms with Crippen LogP contribution in [-0.2, 0) is 23.2 Å². The number of aliphatic hydroxyl groups is 2. The number of aliphatic carboxylic acids is 1. The van der Waals surface area contributed by atoms with Crippen LogP contribution >= 0.6 is 11.6 Å². The number of ether oxygens (including phenoxy) is 2. The Bertz CT molecular complexity index is 1500. The van der Waals surface area contributed by atoms with Crippen LogP contribution in [0.3, 0.4) is 0 Å². The Kier molecular flexibility index (Phi) is 7.05. The summed E-state index contributed by atoms with van der Waals surface area (Å²) in [5.74, 6) is -2.17. The SMILES string of the molecule is C[C@@](O)(CO)CCOc1ccc(-c2cc(COc3cc4c(cn3)[C@]3(C)[C@@H](C(=O)O)[C@]3(C)C4)c(F)cc2F)c(Cl)c1. The predicted molar refractivity (Wildman–Crippen MR) is 143 cm³/mol. The molecule has 1 heterocycles. The molecule has 5 rings (SSSR count).